The molecule has 0 fully saturated rings. The van der Waals surface area contributed by atoms with E-state index in [-0.39, 0.29) is 11.5 Å². The SMILES string of the molecule is Cc1cc2cc(O)c(O)cc2c[n+]1C(C)C. The van der Waals surface area contributed by atoms with Gasteiger partial charge in [-0.05, 0) is 31.4 Å². The maximum atomic E-state index is 9.46. The van der Waals surface area contributed by atoms with E-state index >= 15 is 0 Å². The summed E-state index contributed by atoms with van der Waals surface area (Å²) in [6.07, 6.45) is 1.99. The van der Waals surface area contributed by atoms with Crippen LogP contribution in [0.2, 0.25) is 0 Å². The number of phenolic OH excluding ortho intramolecular Hbond substituents is 2. The highest BCUT2D eigenvalue weighted by Crippen LogP contribution is 2.29. The number of pyridine rings is 1. The molecule has 0 unspecified atom stereocenters. The molecule has 2 N–H and O–H groups in total. The zero-order valence-electron chi connectivity index (χ0n) is 9.73. The molecule has 16 heavy (non-hydrogen) atoms. The molecule has 0 aliphatic heterocycles. The maximum Gasteiger partial charge on any atom is 0.179 e. The predicted molar refractivity (Wildman–Crippen MR) is 62.6 cm³/mol. The number of aromatic nitrogens is 1. The van der Waals surface area contributed by atoms with Crippen LogP contribution in [0.5, 0.6) is 11.5 Å². The molecule has 0 atom stereocenters. The zero-order chi connectivity index (χ0) is 11.9. The summed E-state index contributed by atoms with van der Waals surface area (Å²) < 4.78 is 2.14. The molecule has 3 heteroatoms. The van der Waals surface area contributed by atoms with E-state index in [0.717, 1.165) is 16.5 Å². The first-order chi connectivity index (χ1) is 7.49. The van der Waals surface area contributed by atoms with E-state index in [1.165, 1.54) is 0 Å². The molecule has 0 amide bonds. The molecule has 0 spiro atoms. The summed E-state index contributed by atoms with van der Waals surface area (Å²) in [6.45, 7) is 6.25. The van der Waals surface area contributed by atoms with Crippen LogP contribution in [-0.2, 0) is 0 Å². The van der Waals surface area contributed by atoms with E-state index in [0.29, 0.717) is 6.04 Å². The van der Waals surface area contributed by atoms with Gasteiger partial charge in [0.05, 0.1) is 0 Å². The number of aromatic hydroxyl groups is 2. The van der Waals surface area contributed by atoms with Gasteiger partial charge in [0.25, 0.3) is 0 Å². The lowest BCUT2D eigenvalue weighted by atomic mass is 10.1. The van der Waals surface area contributed by atoms with Gasteiger partial charge >= 0.3 is 0 Å². The number of phenols is 2. The molecule has 0 aliphatic carbocycles. The lowest BCUT2D eigenvalue weighted by molar-refractivity contribution is -0.720. The van der Waals surface area contributed by atoms with Gasteiger partial charge in [-0.3, -0.25) is 0 Å². The minimum Gasteiger partial charge on any atom is -0.504 e. The van der Waals surface area contributed by atoms with Crippen LogP contribution in [0.1, 0.15) is 25.6 Å². The van der Waals surface area contributed by atoms with Crippen molar-refractivity contribution in [3.8, 4) is 11.5 Å². The fraction of sp³-hybridized carbons (Fsp3) is 0.308. The molecule has 1 aromatic carbocycles. The third-order valence-corrected chi connectivity index (χ3v) is 2.79. The van der Waals surface area contributed by atoms with Crippen molar-refractivity contribution in [3.63, 3.8) is 0 Å². The Labute approximate surface area is 94.6 Å². The second-order valence-electron chi connectivity index (χ2n) is 4.39. The molecule has 84 valence electrons. The molecule has 0 saturated carbocycles. The molecule has 1 aromatic heterocycles. The molecule has 3 nitrogen and oxygen atoms in total. The van der Waals surface area contributed by atoms with Crippen molar-refractivity contribution >= 4 is 10.8 Å². The smallest absolute Gasteiger partial charge is 0.179 e. The molecule has 1 heterocycles. The normalized spacial score (nSPS) is 11.2. The minimum absolute atomic E-state index is 0.0748. The fourth-order valence-electron chi connectivity index (χ4n) is 1.95. The Morgan fingerprint density at radius 2 is 1.56 bits per heavy atom. The standard InChI is InChI=1S/C13H15NO2/c1-8(2)14-7-11-6-13(16)12(15)5-10(11)4-9(14)3/h4-8,16H,1-3H3/p+1. The molecule has 0 saturated heterocycles. The number of nitrogens with zero attached hydrogens (tertiary/aromatic N) is 1. The summed E-state index contributed by atoms with van der Waals surface area (Å²) in [7, 11) is 0. The van der Waals surface area contributed by atoms with Crippen LogP contribution in [0.3, 0.4) is 0 Å². The van der Waals surface area contributed by atoms with E-state index < -0.39 is 0 Å². The summed E-state index contributed by atoms with van der Waals surface area (Å²) in [5, 5.41) is 20.7. The number of fused-ring (bicyclic) bond motifs is 1. The van der Waals surface area contributed by atoms with Gasteiger partial charge in [0, 0.05) is 18.4 Å². The van der Waals surface area contributed by atoms with Crippen molar-refractivity contribution in [2.24, 2.45) is 0 Å². The molecule has 2 rings (SSSR count). The Morgan fingerprint density at radius 3 is 2.12 bits per heavy atom. The van der Waals surface area contributed by atoms with Crippen molar-refractivity contribution in [3.05, 3.63) is 30.1 Å². The Morgan fingerprint density at radius 1 is 1.00 bits per heavy atom. The second kappa shape index (κ2) is 3.67. The number of aryl methyl sites for hydroxylation is 1. The first-order valence-corrected chi connectivity index (χ1v) is 5.36. The van der Waals surface area contributed by atoms with Gasteiger partial charge in [-0.2, -0.15) is 0 Å². The first kappa shape index (κ1) is 10.7. The van der Waals surface area contributed by atoms with E-state index in [2.05, 4.69) is 18.4 Å². The van der Waals surface area contributed by atoms with Crippen molar-refractivity contribution in [1.29, 1.82) is 0 Å². The highest BCUT2D eigenvalue weighted by molar-refractivity contribution is 5.84. The fourth-order valence-corrected chi connectivity index (χ4v) is 1.95. The van der Waals surface area contributed by atoms with Gasteiger partial charge < -0.3 is 10.2 Å². The molecular formula is C13H16NO2+. The van der Waals surface area contributed by atoms with Crippen molar-refractivity contribution in [1.82, 2.24) is 0 Å². The van der Waals surface area contributed by atoms with Crippen LogP contribution >= 0.6 is 0 Å². The summed E-state index contributed by atoms with van der Waals surface area (Å²) in [4.78, 5) is 0. The van der Waals surface area contributed by atoms with Crippen molar-refractivity contribution < 1.29 is 14.8 Å². The molecule has 2 aromatic rings. The number of rotatable bonds is 1. The Kier molecular flexibility index (Phi) is 2.46. The summed E-state index contributed by atoms with van der Waals surface area (Å²) in [5.74, 6) is -0.152. The van der Waals surface area contributed by atoms with Gasteiger partial charge in [0.15, 0.2) is 29.4 Å². The average molecular weight is 218 g/mol. The highest BCUT2D eigenvalue weighted by Gasteiger charge is 2.13. The monoisotopic (exact) mass is 218 g/mol. The van der Waals surface area contributed by atoms with Crippen LogP contribution in [-0.4, -0.2) is 10.2 Å². The number of hydrogen-bond donors (Lipinski definition) is 2. The van der Waals surface area contributed by atoms with E-state index in [1.807, 2.05) is 19.2 Å². The van der Waals surface area contributed by atoms with Gasteiger partial charge in [-0.15, -0.1) is 0 Å². The maximum absolute atomic E-state index is 9.46. The highest BCUT2D eigenvalue weighted by atomic mass is 16.3. The van der Waals surface area contributed by atoms with Crippen LogP contribution in [0.25, 0.3) is 10.8 Å². The van der Waals surface area contributed by atoms with Crippen molar-refractivity contribution in [2.45, 2.75) is 26.8 Å². The lowest BCUT2D eigenvalue weighted by Crippen LogP contribution is -2.38. The third-order valence-electron chi connectivity index (χ3n) is 2.79. The lowest BCUT2D eigenvalue weighted by Gasteiger charge is -2.07. The van der Waals surface area contributed by atoms with E-state index in [1.54, 1.807) is 12.1 Å². The van der Waals surface area contributed by atoms with Crippen LogP contribution in [0, 0.1) is 6.92 Å². The van der Waals surface area contributed by atoms with Gasteiger partial charge in [0.1, 0.15) is 0 Å². The Hall–Kier alpha value is -1.77. The van der Waals surface area contributed by atoms with E-state index in [4.69, 9.17) is 0 Å². The van der Waals surface area contributed by atoms with Crippen LogP contribution in [0.15, 0.2) is 24.4 Å². The van der Waals surface area contributed by atoms with Gasteiger partial charge in [-0.1, -0.05) is 0 Å². The number of hydrogen-bond acceptors (Lipinski definition) is 2. The predicted octanol–water partition coefficient (Wildman–Crippen LogP) is 2.43. The quantitative estimate of drug-likeness (QED) is 0.570. The van der Waals surface area contributed by atoms with Crippen LogP contribution in [0.4, 0.5) is 0 Å². The first-order valence-electron chi connectivity index (χ1n) is 5.36. The summed E-state index contributed by atoms with van der Waals surface area (Å²) in [6, 6.07) is 5.56. The Balaban J connectivity index is 2.74. The van der Waals surface area contributed by atoms with E-state index in [9.17, 15) is 10.2 Å². The Bertz CT molecular complexity index is 547. The third kappa shape index (κ3) is 1.69. The molecule has 0 aliphatic rings. The van der Waals surface area contributed by atoms with Crippen molar-refractivity contribution in [2.75, 3.05) is 0 Å². The molecule has 0 radical (unpaired) electrons. The largest absolute Gasteiger partial charge is 0.504 e. The van der Waals surface area contributed by atoms with Crippen LogP contribution < -0.4 is 4.57 Å². The zero-order valence-corrected chi connectivity index (χ0v) is 9.73. The van der Waals surface area contributed by atoms with Gasteiger partial charge in [-0.25, -0.2) is 4.57 Å². The summed E-state index contributed by atoms with van der Waals surface area (Å²) >= 11 is 0. The molecular weight excluding hydrogens is 202 g/mol. The second-order valence-corrected chi connectivity index (χ2v) is 4.39. The number of benzene rings is 1. The minimum atomic E-state index is -0.0772. The molecule has 0 bridgehead atoms. The average Bonchev–Trinajstić information content (AvgIpc) is 2.19. The topological polar surface area (TPSA) is 44.3 Å². The summed E-state index contributed by atoms with van der Waals surface area (Å²) in [5.41, 5.74) is 1.13. The van der Waals surface area contributed by atoms with Gasteiger partial charge in [0.2, 0.25) is 0 Å².